The minimum Gasteiger partial charge on any atom is -0.339 e. The van der Waals surface area contributed by atoms with Crippen molar-refractivity contribution in [3.63, 3.8) is 0 Å². The molecule has 26 heavy (non-hydrogen) atoms. The Kier molecular flexibility index (Phi) is 5.89. The van der Waals surface area contributed by atoms with Crippen LogP contribution in [0.1, 0.15) is 19.3 Å². The minimum absolute atomic E-state index is 0.0268. The summed E-state index contributed by atoms with van der Waals surface area (Å²) in [5.41, 5.74) is 0. The first-order chi connectivity index (χ1) is 12.4. The van der Waals surface area contributed by atoms with Crippen LogP contribution in [-0.4, -0.2) is 74.2 Å². The maximum Gasteiger partial charge on any atom is 0.249 e. The molecule has 1 aromatic carbocycles. The Hall–Kier alpha value is -1.58. The topological polar surface area (TPSA) is 60.9 Å². The molecule has 1 amide bonds. The molecular weight excluding hydrogens is 364 g/mol. The van der Waals surface area contributed by atoms with Gasteiger partial charge in [-0.3, -0.25) is 9.69 Å². The van der Waals surface area contributed by atoms with Crippen molar-refractivity contribution in [3.05, 3.63) is 29.8 Å². The summed E-state index contributed by atoms with van der Waals surface area (Å²) in [5, 5.41) is 0. The Bertz CT molecular complexity index is 738. The number of amides is 1. The van der Waals surface area contributed by atoms with Gasteiger partial charge in [-0.1, -0.05) is 12.5 Å². The van der Waals surface area contributed by atoms with Gasteiger partial charge in [0, 0.05) is 26.2 Å². The van der Waals surface area contributed by atoms with Gasteiger partial charge < -0.3 is 4.90 Å². The van der Waals surface area contributed by atoms with Gasteiger partial charge in [-0.15, -0.1) is 0 Å². The highest BCUT2D eigenvalue weighted by molar-refractivity contribution is 7.89. The highest BCUT2D eigenvalue weighted by atomic mass is 32.2. The summed E-state index contributed by atoms with van der Waals surface area (Å²) in [6.45, 7) is 2.67. The maximum absolute atomic E-state index is 13.9. The zero-order valence-corrected chi connectivity index (χ0v) is 15.4. The summed E-state index contributed by atoms with van der Waals surface area (Å²) in [6, 6.07) is 2.98. The monoisotopic (exact) mass is 387 g/mol. The number of likely N-dealkylation sites (tertiary alicyclic amines) is 1. The molecule has 0 N–H and O–H groups in total. The molecule has 2 heterocycles. The van der Waals surface area contributed by atoms with E-state index in [1.165, 1.54) is 6.42 Å². The number of piperazine rings is 1. The van der Waals surface area contributed by atoms with Crippen molar-refractivity contribution in [3.8, 4) is 0 Å². The van der Waals surface area contributed by atoms with Gasteiger partial charge >= 0.3 is 0 Å². The van der Waals surface area contributed by atoms with Crippen LogP contribution in [0.2, 0.25) is 0 Å². The number of carbonyl (C=O) groups excluding carboxylic acids is 1. The molecule has 0 saturated carbocycles. The third-order valence-corrected chi connectivity index (χ3v) is 6.87. The molecule has 2 fully saturated rings. The first-order valence-electron chi connectivity index (χ1n) is 8.84. The largest absolute Gasteiger partial charge is 0.339 e. The van der Waals surface area contributed by atoms with Crippen LogP contribution in [0.25, 0.3) is 0 Å². The normalized spacial score (nSPS) is 20.3. The van der Waals surface area contributed by atoms with E-state index in [9.17, 15) is 22.0 Å². The summed E-state index contributed by atoms with van der Waals surface area (Å²) in [7, 11) is -4.26. The van der Waals surface area contributed by atoms with Crippen molar-refractivity contribution < 1.29 is 22.0 Å². The second-order valence-corrected chi connectivity index (χ2v) is 8.55. The number of rotatable bonds is 4. The molecule has 0 unspecified atom stereocenters. The Morgan fingerprint density at radius 1 is 0.923 bits per heavy atom. The molecule has 6 nitrogen and oxygen atoms in total. The molecule has 2 saturated heterocycles. The molecule has 1 aromatic rings. The highest BCUT2D eigenvalue weighted by Crippen LogP contribution is 2.23. The van der Waals surface area contributed by atoms with Crippen LogP contribution in [0.4, 0.5) is 8.78 Å². The fourth-order valence-electron chi connectivity index (χ4n) is 3.44. The highest BCUT2D eigenvalue weighted by Gasteiger charge is 2.34. The molecule has 0 aromatic heterocycles. The van der Waals surface area contributed by atoms with Crippen LogP contribution in [0.5, 0.6) is 0 Å². The molecule has 9 heteroatoms. The van der Waals surface area contributed by atoms with E-state index in [-0.39, 0.29) is 32.1 Å². The molecule has 0 spiro atoms. The number of carbonyl (C=O) groups is 1. The van der Waals surface area contributed by atoms with Crippen LogP contribution in [0.3, 0.4) is 0 Å². The first-order valence-corrected chi connectivity index (χ1v) is 10.3. The van der Waals surface area contributed by atoms with E-state index in [1.807, 2.05) is 0 Å². The number of benzene rings is 1. The Balaban J connectivity index is 1.61. The lowest BCUT2D eigenvalue weighted by Gasteiger charge is -2.35. The number of hydrogen-bond acceptors (Lipinski definition) is 4. The van der Waals surface area contributed by atoms with Crippen LogP contribution in [-0.2, 0) is 14.8 Å². The van der Waals surface area contributed by atoms with Gasteiger partial charge in [0.25, 0.3) is 0 Å². The molecule has 3 rings (SSSR count). The summed E-state index contributed by atoms with van der Waals surface area (Å²) in [4.78, 5) is 15.2. The lowest BCUT2D eigenvalue weighted by atomic mass is 10.1. The summed E-state index contributed by atoms with van der Waals surface area (Å²) in [5.74, 6) is -2.23. The van der Waals surface area contributed by atoms with Crippen LogP contribution in [0.15, 0.2) is 23.1 Å². The van der Waals surface area contributed by atoms with Crippen LogP contribution in [0, 0.1) is 11.6 Å². The van der Waals surface area contributed by atoms with E-state index in [0.29, 0.717) is 6.54 Å². The minimum atomic E-state index is -4.26. The third-order valence-electron chi connectivity index (χ3n) is 4.92. The second kappa shape index (κ2) is 7.98. The van der Waals surface area contributed by atoms with Crippen molar-refractivity contribution in [1.29, 1.82) is 0 Å². The molecule has 2 aliphatic rings. The van der Waals surface area contributed by atoms with Gasteiger partial charge in [0.2, 0.25) is 15.9 Å². The fraction of sp³-hybridized carbons (Fsp3) is 0.588. The lowest BCUT2D eigenvalue weighted by molar-refractivity contribution is -0.133. The summed E-state index contributed by atoms with van der Waals surface area (Å²) >= 11 is 0. The number of hydrogen-bond donors (Lipinski definition) is 0. The van der Waals surface area contributed by atoms with E-state index in [0.717, 1.165) is 48.4 Å². The van der Waals surface area contributed by atoms with Crippen LogP contribution < -0.4 is 0 Å². The van der Waals surface area contributed by atoms with E-state index in [1.54, 1.807) is 4.90 Å². The van der Waals surface area contributed by atoms with Crippen molar-refractivity contribution in [2.75, 3.05) is 45.8 Å². The van der Waals surface area contributed by atoms with Gasteiger partial charge in [0.15, 0.2) is 4.90 Å². The fourth-order valence-corrected chi connectivity index (χ4v) is 4.98. The molecule has 0 aliphatic carbocycles. The molecule has 0 radical (unpaired) electrons. The van der Waals surface area contributed by atoms with E-state index in [2.05, 4.69) is 4.90 Å². The van der Waals surface area contributed by atoms with Gasteiger partial charge in [-0.25, -0.2) is 17.2 Å². The molecule has 0 atom stereocenters. The molecule has 2 aliphatic heterocycles. The van der Waals surface area contributed by atoms with E-state index in [4.69, 9.17) is 0 Å². The van der Waals surface area contributed by atoms with Gasteiger partial charge in [-0.05, 0) is 38.1 Å². The number of nitrogens with zero attached hydrogens (tertiary/aromatic N) is 3. The average Bonchev–Trinajstić information content (AvgIpc) is 2.62. The quantitative estimate of drug-likeness (QED) is 0.781. The van der Waals surface area contributed by atoms with Crippen molar-refractivity contribution in [2.24, 2.45) is 0 Å². The summed E-state index contributed by atoms with van der Waals surface area (Å²) in [6.07, 6.45) is 3.37. The number of sulfonamides is 1. The lowest BCUT2D eigenvalue weighted by Crippen LogP contribution is -2.53. The number of halogens is 2. The molecular formula is C17H23F2N3O3S. The smallest absolute Gasteiger partial charge is 0.249 e. The zero-order chi connectivity index (χ0) is 18.7. The maximum atomic E-state index is 13.9. The van der Waals surface area contributed by atoms with E-state index < -0.39 is 26.6 Å². The van der Waals surface area contributed by atoms with Gasteiger partial charge in [0.1, 0.15) is 11.6 Å². The first kappa shape index (κ1) is 19.2. The van der Waals surface area contributed by atoms with Crippen molar-refractivity contribution >= 4 is 15.9 Å². The predicted octanol–water partition coefficient (Wildman–Crippen LogP) is 1.28. The number of piperidine rings is 1. The second-order valence-electron chi connectivity index (χ2n) is 6.67. The van der Waals surface area contributed by atoms with Crippen LogP contribution >= 0.6 is 0 Å². The summed E-state index contributed by atoms with van der Waals surface area (Å²) < 4.78 is 53.9. The predicted molar refractivity (Wildman–Crippen MR) is 92.0 cm³/mol. The standard InChI is InChI=1S/C17H23F2N3O3S/c18-14-5-4-6-15(19)17(14)26(24,25)22-11-9-21(10-12-22)16(23)13-20-7-2-1-3-8-20/h4-6H,1-3,7-13H2. The molecule has 0 bridgehead atoms. The zero-order valence-electron chi connectivity index (χ0n) is 14.5. The van der Waals surface area contributed by atoms with Gasteiger partial charge in [0.05, 0.1) is 6.54 Å². The van der Waals surface area contributed by atoms with E-state index >= 15 is 0 Å². The van der Waals surface area contributed by atoms with Crippen molar-refractivity contribution in [2.45, 2.75) is 24.2 Å². The van der Waals surface area contributed by atoms with Gasteiger partial charge in [-0.2, -0.15) is 4.31 Å². The molecule has 144 valence electrons. The van der Waals surface area contributed by atoms with Crippen molar-refractivity contribution in [1.82, 2.24) is 14.1 Å². The Labute approximate surface area is 152 Å². The Morgan fingerprint density at radius 3 is 2.08 bits per heavy atom. The SMILES string of the molecule is O=C(CN1CCCCC1)N1CCN(S(=O)(=O)c2c(F)cccc2F)CC1. The Morgan fingerprint density at radius 2 is 1.50 bits per heavy atom. The third kappa shape index (κ3) is 4.05. The average molecular weight is 387 g/mol.